The van der Waals surface area contributed by atoms with Crippen molar-refractivity contribution in [2.24, 2.45) is 5.41 Å². The van der Waals surface area contributed by atoms with Gasteiger partial charge in [-0.25, -0.2) is 0 Å². The summed E-state index contributed by atoms with van der Waals surface area (Å²) in [5, 5.41) is 3.65. The maximum absolute atomic E-state index is 3.65. The molecule has 2 unspecified atom stereocenters. The Morgan fingerprint density at radius 2 is 1.60 bits per heavy atom. The van der Waals surface area contributed by atoms with Crippen molar-refractivity contribution in [2.75, 3.05) is 19.6 Å². The van der Waals surface area contributed by atoms with E-state index < -0.39 is 0 Å². The highest BCUT2D eigenvalue weighted by Crippen LogP contribution is 2.26. The molecule has 0 radical (unpaired) electrons. The van der Waals surface area contributed by atoms with E-state index in [2.05, 4.69) is 44.8 Å². The molecule has 0 amide bonds. The van der Waals surface area contributed by atoms with Crippen LogP contribution < -0.4 is 5.32 Å². The molecule has 0 aromatic rings. The van der Waals surface area contributed by atoms with E-state index in [4.69, 9.17) is 0 Å². The van der Waals surface area contributed by atoms with E-state index in [1.807, 2.05) is 0 Å². The van der Waals surface area contributed by atoms with Gasteiger partial charge in [0.05, 0.1) is 0 Å². The molecule has 0 bridgehead atoms. The van der Waals surface area contributed by atoms with E-state index in [-0.39, 0.29) is 0 Å². The van der Waals surface area contributed by atoms with Crippen LogP contribution in [0.1, 0.15) is 79.6 Å². The number of nitrogens with zero attached hydrogens (tertiary/aromatic N) is 1. The van der Waals surface area contributed by atoms with Crippen molar-refractivity contribution in [1.82, 2.24) is 10.2 Å². The van der Waals surface area contributed by atoms with Gasteiger partial charge in [-0.2, -0.15) is 0 Å². The summed E-state index contributed by atoms with van der Waals surface area (Å²) < 4.78 is 0. The van der Waals surface area contributed by atoms with E-state index in [0.717, 1.165) is 6.54 Å². The zero-order valence-electron chi connectivity index (χ0n) is 14.7. The molecular formula is C18H38N2. The lowest BCUT2D eigenvalue weighted by molar-refractivity contribution is 0.0575. The highest BCUT2D eigenvalue weighted by molar-refractivity contribution is 4.91. The number of hydrogen-bond acceptors (Lipinski definition) is 2. The summed E-state index contributed by atoms with van der Waals surface area (Å²) in [6.07, 6.45) is 9.87. The molecule has 1 rings (SSSR count). The minimum absolute atomic E-state index is 0.383. The maximum Gasteiger partial charge on any atom is 0.0269 e. The van der Waals surface area contributed by atoms with Crippen molar-refractivity contribution in [2.45, 2.75) is 91.6 Å². The van der Waals surface area contributed by atoms with Gasteiger partial charge in [-0.1, -0.05) is 66.2 Å². The summed E-state index contributed by atoms with van der Waals surface area (Å²) in [6.45, 7) is 15.4. The van der Waals surface area contributed by atoms with Crippen molar-refractivity contribution in [1.29, 1.82) is 0 Å². The normalized spacial score (nSPS) is 25.1. The zero-order valence-corrected chi connectivity index (χ0v) is 14.7. The Labute approximate surface area is 127 Å². The van der Waals surface area contributed by atoms with Gasteiger partial charge in [0, 0.05) is 25.2 Å². The molecule has 0 spiro atoms. The molecule has 2 heteroatoms. The molecule has 120 valence electrons. The van der Waals surface area contributed by atoms with Crippen LogP contribution in [0.15, 0.2) is 0 Å². The van der Waals surface area contributed by atoms with Gasteiger partial charge in [-0.3, -0.25) is 4.90 Å². The average Bonchev–Trinajstić information content (AvgIpc) is 2.36. The summed E-state index contributed by atoms with van der Waals surface area (Å²) in [7, 11) is 0. The third-order valence-electron chi connectivity index (χ3n) is 4.66. The van der Waals surface area contributed by atoms with Crippen LogP contribution in [0.4, 0.5) is 0 Å². The molecule has 1 fully saturated rings. The number of rotatable bonds is 8. The standard InChI is InChI=1S/C18H38N2/c1-6-7-8-9-10-11-12-13-20-15-16(2)19-14-17(20)18(3,4)5/h16-17,19H,6-15H2,1-5H3. The summed E-state index contributed by atoms with van der Waals surface area (Å²) in [6, 6.07) is 1.34. The Kier molecular flexibility index (Phi) is 8.13. The first kappa shape index (κ1) is 18.0. The van der Waals surface area contributed by atoms with Crippen molar-refractivity contribution in [3.63, 3.8) is 0 Å². The lowest BCUT2D eigenvalue weighted by Crippen LogP contribution is -2.59. The van der Waals surface area contributed by atoms with Gasteiger partial charge in [0.15, 0.2) is 0 Å². The number of hydrogen-bond donors (Lipinski definition) is 1. The fourth-order valence-corrected chi connectivity index (χ4v) is 3.36. The largest absolute Gasteiger partial charge is 0.311 e. The van der Waals surface area contributed by atoms with Gasteiger partial charge in [-0.05, 0) is 25.3 Å². The highest BCUT2D eigenvalue weighted by atomic mass is 15.2. The predicted molar refractivity (Wildman–Crippen MR) is 90.3 cm³/mol. The first-order chi connectivity index (χ1) is 9.45. The van der Waals surface area contributed by atoms with Gasteiger partial charge in [-0.15, -0.1) is 0 Å². The van der Waals surface area contributed by atoms with E-state index in [9.17, 15) is 0 Å². The van der Waals surface area contributed by atoms with Crippen LogP contribution in [0.5, 0.6) is 0 Å². The quantitative estimate of drug-likeness (QED) is 0.662. The number of nitrogens with one attached hydrogen (secondary N) is 1. The molecule has 1 N–H and O–H groups in total. The molecule has 0 aromatic carbocycles. The maximum atomic E-state index is 3.65. The lowest BCUT2D eigenvalue weighted by atomic mass is 9.84. The first-order valence-electron chi connectivity index (χ1n) is 8.92. The van der Waals surface area contributed by atoms with Crippen LogP contribution in [0.3, 0.4) is 0 Å². The Bertz CT molecular complexity index is 244. The Morgan fingerprint density at radius 3 is 2.20 bits per heavy atom. The third kappa shape index (κ3) is 6.58. The van der Waals surface area contributed by atoms with Crippen LogP contribution in [0.25, 0.3) is 0 Å². The molecule has 1 heterocycles. The van der Waals surface area contributed by atoms with Crippen LogP contribution in [0.2, 0.25) is 0 Å². The van der Waals surface area contributed by atoms with Gasteiger partial charge >= 0.3 is 0 Å². The van der Waals surface area contributed by atoms with Gasteiger partial charge in [0.2, 0.25) is 0 Å². The van der Waals surface area contributed by atoms with Crippen molar-refractivity contribution in [3.8, 4) is 0 Å². The summed E-state index contributed by atoms with van der Waals surface area (Å²) in [5.41, 5.74) is 0.383. The molecule has 1 saturated heterocycles. The fourth-order valence-electron chi connectivity index (χ4n) is 3.36. The molecule has 1 aliphatic rings. The van der Waals surface area contributed by atoms with Crippen molar-refractivity contribution >= 4 is 0 Å². The van der Waals surface area contributed by atoms with Crippen LogP contribution >= 0.6 is 0 Å². The Balaban J connectivity index is 2.24. The SMILES string of the molecule is CCCCCCCCCN1CC(C)NCC1C(C)(C)C. The lowest BCUT2D eigenvalue weighted by Gasteiger charge is -2.46. The molecule has 0 saturated carbocycles. The fraction of sp³-hybridized carbons (Fsp3) is 1.00. The molecule has 0 aliphatic carbocycles. The predicted octanol–water partition coefficient (Wildman–Crippen LogP) is 4.45. The Morgan fingerprint density at radius 1 is 1.00 bits per heavy atom. The summed E-state index contributed by atoms with van der Waals surface area (Å²) in [5.74, 6) is 0. The third-order valence-corrected chi connectivity index (χ3v) is 4.66. The van der Waals surface area contributed by atoms with E-state index in [1.54, 1.807) is 0 Å². The topological polar surface area (TPSA) is 15.3 Å². The second-order valence-corrected chi connectivity index (χ2v) is 7.81. The number of unbranched alkanes of at least 4 members (excludes halogenated alkanes) is 6. The van der Waals surface area contributed by atoms with Crippen molar-refractivity contribution in [3.05, 3.63) is 0 Å². The van der Waals surface area contributed by atoms with Gasteiger partial charge in [0.25, 0.3) is 0 Å². The van der Waals surface area contributed by atoms with Crippen molar-refractivity contribution < 1.29 is 0 Å². The smallest absolute Gasteiger partial charge is 0.0269 e. The monoisotopic (exact) mass is 282 g/mol. The number of piperazine rings is 1. The second kappa shape index (κ2) is 9.04. The van der Waals surface area contributed by atoms with Gasteiger partial charge < -0.3 is 5.32 Å². The molecule has 0 aromatic heterocycles. The van der Waals surface area contributed by atoms with Crippen LogP contribution in [-0.4, -0.2) is 36.6 Å². The van der Waals surface area contributed by atoms with E-state index in [1.165, 1.54) is 58.0 Å². The second-order valence-electron chi connectivity index (χ2n) is 7.81. The molecule has 2 nitrogen and oxygen atoms in total. The first-order valence-corrected chi connectivity index (χ1v) is 8.92. The molecule has 2 atom stereocenters. The average molecular weight is 283 g/mol. The van der Waals surface area contributed by atoms with Crippen LogP contribution in [0, 0.1) is 5.41 Å². The minimum Gasteiger partial charge on any atom is -0.311 e. The summed E-state index contributed by atoms with van der Waals surface area (Å²) in [4.78, 5) is 2.74. The van der Waals surface area contributed by atoms with Crippen LogP contribution in [-0.2, 0) is 0 Å². The summed E-state index contributed by atoms with van der Waals surface area (Å²) >= 11 is 0. The molecule has 20 heavy (non-hydrogen) atoms. The van der Waals surface area contributed by atoms with E-state index >= 15 is 0 Å². The Hall–Kier alpha value is -0.0800. The molecule has 1 aliphatic heterocycles. The minimum atomic E-state index is 0.383. The van der Waals surface area contributed by atoms with E-state index in [0.29, 0.717) is 17.5 Å². The molecular weight excluding hydrogens is 244 g/mol. The van der Waals surface area contributed by atoms with Gasteiger partial charge in [0.1, 0.15) is 0 Å². The zero-order chi connectivity index (χ0) is 15.0. The highest BCUT2D eigenvalue weighted by Gasteiger charge is 2.33.